The van der Waals surface area contributed by atoms with E-state index >= 15 is 0 Å². The lowest BCUT2D eigenvalue weighted by Gasteiger charge is -2.54. The zero-order valence-corrected chi connectivity index (χ0v) is 14.6. The van der Waals surface area contributed by atoms with Crippen LogP contribution in [0, 0.1) is 10.1 Å². The van der Waals surface area contributed by atoms with E-state index in [1.165, 1.54) is 12.1 Å². The third kappa shape index (κ3) is 2.85. The molecule has 1 saturated carbocycles. The lowest BCUT2D eigenvalue weighted by molar-refractivity contribution is -0.385. The number of morpholine rings is 1. The summed E-state index contributed by atoms with van der Waals surface area (Å²) in [4.78, 5) is 13.0. The Labute approximate surface area is 147 Å². The van der Waals surface area contributed by atoms with Crippen molar-refractivity contribution in [2.75, 3.05) is 13.1 Å². The van der Waals surface area contributed by atoms with E-state index in [2.05, 4.69) is 18.7 Å². The van der Waals surface area contributed by atoms with E-state index in [0.29, 0.717) is 11.5 Å². The van der Waals surface area contributed by atoms with Crippen LogP contribution in [0.1, 0.15) is 39.5 Å². The zero-order chi connectivity index (χ0) is 17.6. The van der Waals surface area contributed by atoms with Crippen molar-refractivity contribution in [3.63, 3.8) is 0 Å². The van der Waals surface area contributed by atoms with E-state index in [1.807, 2.05) is 0 Å². The molecule has 136 valence electrons. The molecular formula is C18H24N2O5. The average Bonchev–Trinajstić information content (AvgIpc) is 2.58. The average molecular weight is 348 g/mol. The molecule has 2 heterocycles. The van der Waals surface area contributed by atoms with Gasteiger partial charge in [-0.25, -0.2) is 0 Å². The van der Waals surface area contributed by atoms with Gasteiger partial charge < -0.3 is 14.2 Å². The normalized spacial score (nSPS) is 35.0. The van der Waals surface area contributed by atoms with E-state index in [4.69, 9.17) is 14.2 Å². The van der Waals surface area contributed by atoms with Gasteiger partial charge in [0.25, 0.3) is 5.69 Å². The van der Waals surface area contributed by atoms with E-state index in [-0.39, 0.29) is 24.0 Å². The van der Waals surface area contributed by atoms with Crippen molar-refractivity contribution in [2.24, 2.45) is 0 Å². The molecule has 0 amide bonds. The first kappa shape index (κ1) is 16.6. The number of nitrogens with zero attached hydrogens (tertiary/aromatic N) is 2. The summed E-state index contributed by atoms with van der Waals surface area (Å²) in [5.74, 6) is 1.07. The van der Waals surface area contributed by atoms with Gasteiger partial charge in [-0.05, 0) is 39.2 Å². The van der Waals surface area contributed by atoms with Gasteiger partial charge in [-0.3, -0.25) is 15.0 Å². The lowest BCUT2D eigenvalue weighted by Crippen LogP contribution is -2.68. The molecule has 4 atom stereocenters. The van der Waals surface area contributed by atoms with Gasteiger partial charge in [0.2, 0.25) is 5.72 Å². The number of ether oxygens (including phenoxy) is 3. The van der Waals surface area contributed by atoms with Crippen LogP contribution in [0.2, 0.25) is 0 Å². The van der Waals surface area contributed by atoms with Crippen LogP contribution in [0.5, 0.6) is 11.5 Å². The molecule has 4 rings (SSSR count). The number of nitro groups is 1. The van der Waals surface area contributed by atoms with E-state index in [1.54, 1.807) is 6.07 Å². The topological polar surface area (TPSA) is 74.1 Å². The maximum absolute atomic E-state index is 11.0. The summed E-state index contributed by atoms with van der Waals surface area (Å²) in [5.41, 5.74) is -0.479. The maximum atomic E-state index is 11.0. The number of hydrogen-bond acceptors (Lipinski definition) is 6. The molecule has 1 saturated heterocycles. The molecule has 4 unspecified atom stereocenters. The third-order valence-corrected chi connectivity index (χ3v) is 5.40. The Morgan fingerprint density at radius 2 is 1.96 bits per heavy atom. The predicted molar refractivity (Wildman–Crippen MR) is 90.9 cm³/mol. The molecule has 0 aromatic heterocycles. The van der Waals surface area contributed by atoms with Gasteiger partial charge in [0.15, 0.2) is 17.6 Å². The molecule has 0 spiro atoms. The highest BCUT2D eigenvalue weighted by Crippen LogP contribution is 2.47. The fourth-order valence-electron chi connectivity index (χ4n) is 4.41. The molecule has 0 N–H and O–H groups in total. The van der Waals surface area contributed by atoms with Crippen molar-refractivity contribution in [3.8, 4) is 11.5 Å². The summed E-state index contributed by atoms with van der Waals surface area (Å²) in [5, 5.41) is 11.0. The van der Waals surface area contributed by atoms with Crippen molar-refractivity contribution in [1.29, 1.82) is 0 Å². The highest BCUT2D eigenvalue weighted by molar-refractivity contribution is 5.50. The largest absolute Gasteiger partial charge is 0.481 e. The second kappa shape index (κ2) is 6.14. The first-order valence-corrected chi connectivity index (χ1v) is 9.02. The molecular weight excluding hydrogens is 324 g/mol. The quantitative estimate of drug-likeness (QED) is 0.604. The maximum Gasteiger partial charge on any atom is 0.273 e. The minimum Gasteiger partial charge on any atom is -0.481 e. The van der Waals surface area contributed by atoms with Gasteiger partial charge in [-0.15, -0.1) is 0 Å². The minimum atomic E-state index is -0.506. The summed E-state index contributed by atoms with van der Waals surface area (Å²) in [7, 11) is 0. The molecule has 1 aromatic rings. The van der Waals surface area contributed by atoms with Crippen LogP contribution in [-0.4, -0.2) is 46.9 Å². The van der Waals surface area contributed by atoms with Crippen LogP contribution in [-0.2, 0) is 4.74 Å². The van der Waals surface area contributed by atoms with Gasteiger partial charge >= 0.3 is 0 Å². The van der Waals surface area contributed by atoms with Crippen LogP contribution < -0.4 is 9.47 Å². The third-order valence-electron chi connectivity index (χ3n) is 5.40. The Bertz CT molecular complexity index is 671. The van der Waals surface area contributed by atoms with Gasteiger partial charge in [0, 0.05) is 25.6 Å². The smallest absolute Gasteiger partial charge is 0.273 e. The predicted octanol–water partition coefficient (Wildman–Crippen LogP) is 3.11. The van der Waals surface area contributed by atoms with Crippen LogP contribution >= 0.6 is 0 Å². The minimum absolute atomic E-state index is 0.0271. The Kier molecular flexibility index (Phi) is 4.08. The molecule has 3 aliphatic rings. The summed E-state index contributed by atoms with van der Waals surface area (Å²) >= 11 is 0. The van der Waals surface area contributed by atoms with E-state index < -0.39 is 10.6 Å². The summed E-state index contributed by atoms with van der Waals surface area (Å²) in [6.07, 6.45) is 4.12. The van der Waals surface area contributed by atoms with Gasteiger partial charge in [-0.1, -0.05) is 0 Å². The number of benzene rings is 1. The lowest BCUT2D eigenvalue weighted by atomic mass is 9.85. The molecule has 2 aliphatic heterocycles. The number of hydrogen-bond donors (Lipinski definition) is 0. The molecule has 0 radical (unpaired) electrons. The SMILES string of the molecule is CC1CN(C23CCCCC2Oc2cc([N+](=O)[O-])ccc2O3)CC(C)O1. The van der Waals surface area contributed by atoms with Crippen LogP contribution in [0.3, 0.4) is 0 Å². The van der Waals surface area contributed by atoms with Crippen molar-refractivity contribution in [2.45, 2.75) is 63.6 Å². The van der Waals surface area contributed by atoms with E-state index in [0.717, 1.165) is 38.8 Å². The van der Waals surface area contributed by atoms with Crippen molar-refractivity contribution in [3.05, 3.63) is 28.3 Å². The molecule has 1 aromatic carbocycles. The Morgan fingerprint density at radius 3 is 2.68 bits per heavy atom. The van der Waals surface area contributed by atoms with Crippen LogP contribution in [0.25, 0.3) is 0 Å². The molecule has 7 nitrogen and oxygen atoms in total. The highest BCUT2D eigenvalue weighted by Gasteiger charge is 2.53. The van der Waals surface area contributed by atoms with Crippen LogP contribution in [0.4, 0.5) is 5.69 Å². The molecule has 25 heavy (non-hydrogen) atoms. The second-order valence-corrected chi connectivity index (χ2v) is 7.35. The summed E-state index contributed by atoms with van der Waals surface area (Å²) in [6, 6.07) is 4.61. The van der Waals surface area contributed by atoms with Crippen molar-refractivity contribution < 1.29 is 19.1 Å². The van der Waals surface area contributed by atoms with Crippen LogP contribution in [0.15, 0.2) is 18.2 Å². The number of rotatable bonds is 2. The first-order valence-electron chi connectivity index (χ1n) is 9.02. The summed E-state index contributed by atoms with van der Waals surface area (Å²) < 4.78 is 18.6. The van der Waals surface area contributed by atoms with Gasteiger partial charge in [0.1, 0.15) is 0 Å². The van der Waals surface area contributed by atoms with Gasteiger partial charge in [0.05, 0.1) is 23.2 Å². The molecule has 1 aliphatic carbocycles. The Morgan fingerprint density at radius 1 is 1.20 bits per heavy atom. The Hall–Kier alpha value is -1.86. The van der Waals surface area contributed by atoms with Crippen molar-refractivity contribution >= 4 is 5.69 Å². The highest BCUT2D eigenvalue weighted by atomic mass is 16.6. The number of fused-ring (bicyclic) bond motifs is 2. The second-order valence-electron chi connectivity index (χ2n) is 7.35. The molecule has 0 bridgehead atoms. The fraction of sp³-hybridized carbons (Fsp3) is 0.667. The number of non-ortho nitro benzene ring substituents is 1. The number of nitro benzene ring substituents is 1. The standard InChI is InChI=1S/C18H24N2O5/c1-12-10-19(11-13(2)23-12)18-8-4-3-5-17(18)24-16-9-14(20(21)22)6-7-15(16)25-18/h6-7,9,12-13,17H,3-5,8,10-11H2,1-2H3. The molecule has 2 fully saturated rings. The fourth-order valence-corrected chi connectivity index (χ4v) is 4.41. The van der Waals surface area contributed by atoms with E-state index in [9.17, 15) is 10.1 Å². The monoisotopic (exact) mass is 348 g/mol. The van der Waals surface area contributed by atoms with Crippen molar-refractivity contribution in [1.82, 2.24) is 4.90 Å². The Balaban J connectivity index is 1.69. The van der Waals surface area contributed by atoms with Gasteiger partial charge in [-0.2, -0.15) is 0 Å². The first-order chi connectivity index (χ1) is 12.0. The zero-order valence-electron chi connectivity index (χ0n) is 14.6. The molecule has 7 heteroatoms. The summed E-state index contributed by atoms with van der Waals surface area (Å²) in [6.45, 7) is 5.76.